The predicted molar refractivity (Wildman–Crippen MR) is 185 cm³/mol. The molecule has 216 valence electrons. The van der Waals surface area contributed by atoms with Crippen molar-refractivity contribution in [1.82, 2.24) is 18.5 Å². The van der Waals surface area contributed by atoms with Gasteiger partial charge in [-0.1, -0.05) is 84.9 Å². The predicted octanol–water partition coefficient (Wildman–Crippen LogP) is 9.30. The Labute approximate surface area is 261 Å². The van der Waals surface area contributed by atoms with E-state index >= 15 is 0 Å². The van der Waals surface area contributed by atoms with Gasteiger partial charge in [-0.2, -0.15) is 4.98 Å². The maximum Gasteiger partial charge on any atom is 0.310 e. The molecule has 0 atom stereocenters. The molecule has 0 N–H and O–H groups in total. The highest BCUT2D eigenvalue weighted by Crippen LogP contribution is 2.36. The second-order valence-corrected chi connectivity index (χ2v) is 11.6. The van der Waals surface area contributed by atoms with Crippen LogP contribution in [-0.2, 0) is 0 Å². The van der Waals surface area contributed by atoms with E-state index in [0.29, 0.717) is 22.1 Å². The maximum absolute atomic E-state index is 14.3. The van der Waals surface area contributed by atoms with Gasteiger partial charge in [0.1, 0.15) is 11.0 Å². The maximum atomic E-state index is 14.3. The SMILES string of the molecule is O=c1c2c(nc3oc4cc(-c5ccc6c(c5)c5ccccc5n6-c5ccccc5)ccc4n13)c1ccccc1n2-c1ccccc1. The number of fused-ring (bicyclic) bond motifs is 9. The van der Waals surface area contributed by atoms with Crippen molar-refractivity contribution < 1.29 is 4.42 Å². The molecule has 0 aliphatic rings. The highest BCUT2D eigenvalue weighted by molar-refractivity contribution is 6.11. The van der Waals surface area contributed by atoms with E-state index in [0.717, 1.165) is 38.9 Å². The summed E-state index contributed by atoms with van der Waals surface area (Å²) in [6.45, 7) is 0. The van der Waals surface area contributed by atoms with Crippen LogP contribution >= 0.6 is 0 Å². The van der Waals surface area contributed by atoms with Crippen LogP contribution in [0.15, 0.2) is 155 Å². The number of rotatable bonds is 3. The fraction of sp³-hybridized carbons (Fsp3) is 0. The van der Waals surface area contributed by atoms with Crippen LogP contribution in [0.3, 0.4) is 0 Å². The van der Waals surface area contributed by atoms with Crippen molar-refractivity contribution in [2.24, 2.45) is 0 Å². The molecule has 6 aromatic carbocycles. The Kier molecular flexibility index (Phi) is 5.05. The largest absolute Gasteiger partial charge is 0.423 e. The molecular weight excluding hydrogens is 568 g/mol. The zero-order valence-electron chi connectivity index (χ0n) is 24.5. The Balaban J connectivity index is 1.19. The Morgan fingerprint density at radius 3 is 1.80 bits per heavy atom. The third kappa shape index (κ3) is 3.41. The first-order valence-corrected chi connectivity index (χ1v) is 15.3. The van der Waals surface area contributed by atoms with Crippen LogP contribution in [0.1, 0.15) is 0 Å². The standard InChI is InChI=1S/C40H24N4O2/c45-39-38-37(30-16-8-10-18-33(30)43(38)28-13-5-2-6-14-28)41-40-44(39)35-22-20-26(24-36(35)46-40)25-19-21-34-31(23-25)29-15-7-9-17-32(29)42(34)27-11-3-1-4-12-27/h1-24H. The van der Waals surface area contributed by atoms with Crippen LogP contribution in [0, 0.1) is 0 Å². The van der Waals surface area contributed by atoms with Crippen LogP contribution in [0.5, 0.6) is 0 Å². The number of oxazole rings is 1. The molecule has 0 saturated carbocycles. The van der Waals surface area contributed by atoms with E-state index in [9.17, 15) is 4.79 Å². The molecule has 0 aliphatic carbocycles. The quantitative estimate of drug-likeness (QED) is 0.205. The highest BCUT2D eigenvalue weighted by atomic mass is 16.4. The van der Waals surface area contributed by atoms with Crippen LogP contribution in [0.25, 0.3) is 83.2 Å². The zero-order chi connectivity index (χ0) is 30.4. The van der Waals surface area contributed by atoms with Crippen molar-refractivity contribution in [3.8, 4) is 22.5 Å². The second-order valence-electron chi connectivity index (χ2n) is 11.6. The lowest BCUT2D eigenvalue weighted by molar-refractivity contribution is 0.637. The molecule has 4 aromatic heterocycles. The number of hydrogen-bond acceptors (Lipinski definition) is 3. The van der Waals surface area contributed by atoms with Gasteiger partial charge in [-0.05, 0) is 71.8 Å². The molecule has 0 bridgehead atoms. The number of para-hydroxylation sites is 4. The van der Waals surface area contributed by atoms with Crippen molar-refractivity contribution in [1.29, 1.82) is 0 Å². The van der Waals surface area contributed by atoms with Gasteiger partial charge in [-0.25, -0.2) is 4.40 Å². The van der Waals surface area contributed by atoms with E-state index in [2.05, 4.69) is 77.4 Å². The normalized spacial score (nSPS) is 12.0. The van der Waals surface area contributed by atoms with Crippen LogP contribution in [-0.4, -0.2) is 18.5 Å². The van der Waals surface area contributed by atoms with Gasteiger partial charge in [0.25, 0.3) is 5.56 Å². The lowest BCUT2D eigenvalue weighted by Crippen LogP contribution is -2.16. The van der Waals surface area contributed by atoms with E-state index in [1.807, 2.05) is 77.4 Å². The van der Waals surface area contributed by atoms with Gasteiger partial charge in [0.2, 0.25) is 0 Å². The minimum atomic E-state index is -0.165. The molecule has 0 spiro atoms. The van der Waals surface area contributed by atoms with Crippen molar-refractivity contribution in [3.63, 3.8) is 0 Å². The van der Waals surface area contributed by atoms with E-state index in [-0.39, 0.29) is 11.4 Å². The molecule has 0 unspecified atom stereocenters. The molecule has 46 heavy (non-hydrogen) atoms. The first-order chi connectivity index (χ1) is 22.7. The Morgan fingerprint density at radius 2 is 1.07 bits per heavy atom. The van der Waals surface area contributed by atoms with E-state index < -0.39 is 0 Å². The van der Waals surface area contributed by atoms with Crippen molar-refractivity contribution in [3.05, 3.63) is 156 Å². The molecule has 0 saturated heterocycles. The topological polar surface area (TPSA) is 57.4 Å². The van der Waals surface area contributed by atoms with Crippen molar-refractivity contribution >= 4 is 60.7 Å². The fourth-order valence-electron chi connectivity index (χ4n) is 7.06. The number of nitrogens with zero attached hydrogens (tertiary/aromatic N) is 4. The molecule has 10 aromatic rings. The number of aromatic nitrogens is 4. The summed E-state index contributed by atoms with van der Waals surface area (Å²) in [5.41, 5.74) is 9.63. The third-order valence-corrected chi connectivity index (χ3v) is 9.09. The molecule has 6 nitrogen and oxygen atoms in total. The average molecular weight is 593 g/mol. The van der Waals surface area contributed by atoms with Gasteiger partial charge in [0.05, 0.1) is 22.1 Å². The van der Waals surface area contributed by atoms with Crippen LogP contribution in [0.2, 0.25) is 0 Å². The lowest BCUT2D eigenvalue weighted by atomic mass is 10.0. The lowest BCUT2D eigenvalue weighted by Gasteiger charge is -2.08. The summed E-state index contributed by atoms with van der Waals surface area (Å²) >= 11 is 0. The van der Waals surface area contributed by atoms with Gasteiger partial charge in [0, 0.05) is 27.5 Å². The van der Waals surface area contributed by atoms with Crippen molar-refractivity contribution in [2.45, 2.75) is 0 Å². The Bertz CT molecular complexity index is 2870. The van der Waals surface area contributed by atoms with E-state index in [1.165, 1.54) is 16.3 Å². The van der Waals surface area contributed by atoms with Crippen LogP contribution in [0.4, 0.5) is 0 Å². The first kappa shape index (κ1) is 25.0. The average Bonchev–Trinajstić information content (AvgIpc) is 3.76. The number of benzene rings is 6. The molecule has 0 radical (unpaired) electrons. The third-order valence-electron chi connectivity index (χ3n) is 9.09. The molecule has 0 amide bonds. The summed E-state index contributed by atoms with van der Waals surface area (Å²) in [5.74, 6) is 0.280. The second kappa shape index (κ2) is 9.30. The van der Waals surface area contributed by atoms with E-state index in [4.69, 9.17) is 9.40 Å². The number of hydrogen-bond donors (Lipinski definition) is 0. The fourth-order valence-corrected chi connectivity index (χ4v) is 7.06. The molecular formula is C40H24N4O2. The summed E-state index contributed by atoms with van der Waals surface area (Å²) in [4.78, 5) is 19.2. The minimum Gasteiger partial charge on any atom is -0.423 e. The molecule has 4 heterocycles. The summed E-state index contributed by atoms with van der Waals surface area (Å²) in [7, 11) is 0. The van der Waals surface area contributed by atoms with E-state index in [1.54, 1.807) is 4.40 Å². The zero-order valence-corrected chi connectivity index (χ0v) is 24.5. The first-order valence-electron chi connectivity index (χ1n) is 15.3. The van der Waals surface area contributed by atoms with Gasteiger partial charge in [0.15, 0.2) is 5.58 Å². The summed E-state index contributed by atoms with van der Waals surface area (Å²) < 4.78 is 12.2. The minimum absolute atomic E-state index is 0.165. The monoisotopic (exact) mass is 592 g/mol. The van der Waals surface area contributed by atoms with Gasteiger partial charge in [-0.3, -0.25) is 4.79 Å². The van der Waals surface area contributed by atoms with Crippen LogP contribution < -0.4 is 5.56 Å². The molecule has 10 rings (SSSR count). The highest BCUT2D eigenvalue weighted by Gasteiger charge is 2.21. The summed E-state index contributed by atoms with van der Waals surface area (Å²) in [6.07, 6.45) is 0. The molecule has 6 heteroatoms. The summed E-state index contributed by atoms with van der Waals surface area (Å²) in [6, 6.07) is 49.5. The molecule has 0 fully saturated rings. The molecule has 0 aliphatic heterocycles. The van der Waals surface area contributed by atoms with Gasteiger partial charge in [-0.15, -0.1) is 0 Å². The van der Waals surface area contributed by atoms with Gasteiger partial charge < -0.3 is 13.6 Å². The van der Waals surface area contributed by atoms with Gasteiger partial charge >= 0.3 is 5.84 Å². The summed E-state index contributed by atoms with van der Waals surface area (Å²) in [5, 5.41) is 3.28. The Hall–Kier alpha value is -6.40. The van der Waals surface area contributed by atoms with Crippen molar-refractivity contribution in [2.75, 3.05) is 0 Å². The Morgan fingerprint density at radius 1 is 0.500 bits per heavy atom. The smallest absolute Gasteiger partial charge is 0.310 e.